The third-order valence-corrected chi connectivity index (χ3v) is 4.01. The summed E-state index contributed by atoms with van der Waals surface area (Å²) in [5.41, 5.74) is -0.912. The third kappa shape index (κ3) is 3.12. The molecule has 2 N–H and O–H groups in total. The minimum absolute atomic E-state index is 0.221. The van der Waals surface area contributed by atoms with Crippen LogP contribution in [0.5, 0.6) is 0 Å². The Morgan fingerprint density at radius 1 is 1.59 bits per heavy atom. The maximum absolute atomic E-state index is 10.8. The van der Waals surface area contributed by atoms with Crippen LogP contribution in [0.25, 0.3) is 0 Å². The van der Waals surface area contributed by atoms with Crippen LogP contribution in [0.4, 0.5) is 0 Å². The summed E-state index contributed by atoms with van der Waals surface area (Å²) in [6.07, 6.45) is 1.21. The SMILES string of the molecule is [B][C@H]1O[C@@]2(/C=C/P(=O)(O)O)CO[C@@H]1[C@H](OI)C2. The summed E-state index contributed by atoms with van der Waals surface area (Å²) in [4.78, 5) is 17.6. The molecule has 6 nitrogen and oxygen atoms in total. The zero-order valence-corrected chi connectivity index (χ0v) is 11.8. The van der Waals surface area contributed by atoms with E-state index in [9.17, 15) is 4.57 Å². The predicted molar refractivity (Wildman–Crippen MR) is 67.8 cm³/mol. The molecule has 0 aromatic heterocycles. The maximum Gasteiger partial charge on any atom is 0.348 e. The summed E-state index contributed by atoms with van der Waals surface area (Å²) < 4.78 is 27.1. The number of rotatable bonds is 3. The smallest absolute Gasteiger partial charge is 0.348 e. The lowest BCUT2D eigenvalue weighted by Crippen LogP contribution is -2.63. The van der Waals surface area contributed by atoms with E-state index in [1.54, 1.807) is 23.0 Å². The van der Waals surface area contributed by atoms with Crippen LogP contribution in [0.3, 0.4) is 0 Å². The molecule has 0 unspecified atom stereocenters. The lowest BCUT2D eigenvalue weighted by atomic mass is 9.79. The summed E-state index contributed by atoms with van der Waals surface area (Å²) in [5, 5.41) is 0. The Kier molecular flexibility index (Phi) is 4.05. The molecule has 3 saturated heterocycles. The van der Waals surface area contributed by atoms with Gasteiger partial charge in [0.25, 0.3) is 0 Å². The molecule has 0 amide bonds. The van der Waals surface area contributed by atoms with E-state index in [0.29, 0.717) is 6.42 Å². The predicted octanol–water partition coefficient (Wildman–Crippen LogP) is 0.465. The van der Waals surface area contributed by atoms with Crippen molar-refractivity contribution in [1.29, 1.82) is 0 Å². The Balaban J connectivity index is 2.19. The minimum atomic E-state index is -4.22. The van der Waals surface area contributed by atoms with Crippen molar-refractivity contribution in [3.05, 3.63) is 11.9 Å². The van der Waals surface area contributed by atoms with E-state index >= 15 is 0 Å². The first kappa shape index (κ1) is 14.0. The molecule has 9 heteroatoms. The molecule has 0 aliphatic carbocycles. The summed E-state index contributed by atoms with van der Waals surface area (Å²) in [7, 11) is 1.53. The van der Waals surface area contributed by atoms with Crippen molar-refractivity contribution in [2.75, 3.05) is 6.61 Å². The highest BCUT2D eigenvalue weighted by Crippen LogP contribution is 2.43. The van der Waals surface area contributed by atoms with Gasteiger partial charge in [-0.15, -0.1) is 0 Å². The van der Waals surface area contributed by atoms with Gasteiger partial charge in [0, 0.05) is 18.2 Å². The van der Waals surface area contributed by atoms with Gasteiger partial charge in [0.1, 0.15) is 48.7 Å². The van der Waals surface area contributed by atoms with Crippen LogP contribution in [0, 0.1) is 0 Å². The molecule has 4 atom stereocenters. The average Bonchev–Trinajstić information content (AvgIpc) is 2.26. The monoisotopic (exact) mass is 372 g/mol. The molecule has 3 aliphatic rings. The Labute approximate surface area is 114 Å². The highest BCUT2D eigenvalue weighted by Gasteiger charge is 2.50. The van der Waals surface area contributed by atoms with Gasteiger partial charge in [-0.1, -0.05) is 0 Å². The highest BCUT2D eigenvalue weighted by atomic mass is 127. The standard InChI is InChI=1S/C8H11BIO6P/c9-7-6-5(16-10)3-8(15-7,4-14-6)1-2-17(11,12)13/h1-2,5-7H,3-4H2,(H2,11,12,13)/b2-1+/t5-,6-,7+,8-/m1/s1. The van der Waals surface area contributed by atoms with Gasteiger partial charge in [0.2, 0.25) is 0 Å². The first-order valence-electron chi connectivity index (χ1n) is 4.93. The zero-order valence-electron chi connectivity index (χ0n) is 8.73. The summed E-state index contributed by atoms with van der Waals surface area (Å²) >= 11 is 1.76. The molecule has 17 heavy (non-hydrogen) atoms. The first-order valence-corrected chi connectivity index (χ1v) is 7.49. The number of fused-ring (bicyclic) bond motifs is 3. The molecule has 0 spiro atoms. The number of ether oxygens (including phenoxy) is 2. The molecule has 94 valence electrons. The minimum Gasteiger partial charge on any atom is -0.372 e. The van der Waals surface area contributed by atoms with Gasteiger partial charge in [-0.25, -0.2) is 0 Å². The molecule has 3 fully saturated rings. The lowest BCUT2D eigenvalue weighted by molar-refractivity contribution is -0.253. The normalized spacial score (nSPS) is 42.2. The van der Waals surface area contributed by atoms with Crippen LogP contribution in [-0.4, -0.2) is 48.1 Å². The largest absolute Gasteiger partial charge is 0.372 e. The van der Waals surface area contributed by atoms with Gasteiger partial charge in [0.05, 0.1) is 6.61 Å². The van der Waals surface area contributed by atoms with Crippen molar-refractivity contribution in [2.45, 2.75) is 30.2 Å². The zero-order chi connectivity index (χ0) is 12.7. The number of hydrogen-bond acceptors (Lipinski definition) is 4. The van der Waals surface area contributed by atoms with Crippen molar-refractivity contribution in [3.63, 3.8) is 0 Å². The van der Waals surface area contributed by atoms with Gasteiger partial charge in [-0.05, 0) is 6.08 Å². The van der Waals surface area contributed by atoms with E-state index < -0.39 is 19.2 Å². The van der Waals surface area contributed by atoms with E-state index in [1.807, 2.05) is 0 Å². The fraction of sp³-hybridized carbons (Fsp3) is 0.750. The van der Waals surface area contributed by atoms with Crippen LogP contribution >= 0.6 is 30.6 Å². The Hall–Kier alpha value is 0.565. The average molecular weight is 372 g/mol. The molecule has 0 saturated carbocycles. The van der Waals surface area contributed by atoms with E-state index in [-0.39, 0.29) is 18.8 Å². The number of halogens is 1. The van der Waals surface area contributed by atoms with E-state index in [4.69, 9.17) is 30.2 Å². The second-order valence-electron chi connectivity index (χ2n) is 4.16. The molecule has 2 radical (unpaired) electrons. The van der Waals surface area contributed by atoms with Crippen molar-refractivity contribution in [1.82, 2.24) is 0 Å². The van der Waals surface area contributed by atoms with Gasteiger partial charge in [-0.2, -0.15) is 0 Å². The summed E-state index contributed by atoms with van der Waals surface area (Å²) in [6.45, 7) is 0.221. The van der Waals surface area contributed by atoms with Crippen LogP contribution in [0.15, 0.2) is 11.9 Å². The lowest BCUT2D eigenvalue weighted by Gasteiger charge is -2.51. The van der Waals surface area contributed by atoms with Crippen molar-refractivity contribution in [2.24, 2.45) is 0 Å². The highest BCUT2D eigenvalue weighted by molar-refractivity contribution is 14.1. The number of hydrogen-bond donors (Lipinski definition) is 2. The second-order valence-corrected chi connectivity index (χ2v) is 6.14. The maximum atomic E-state index is 10.8. The topological polar surface area (TPSA) is 85.2 Å². The van der Waals surface area contributed by atoms with Crippen molar-refractivity contribution >= 4 is 38.4 Å². The molecule has 3 heterocycles. The fourth-order valence-electron chi connectivity index (χ4n) is 2.06. The van der Waals surface area contributed by atoms with Crippen molar-refractivity contribution < 1.29 is 26.9 Å². The molecule has 3 aliphatic heterocycles. The van der Waals surface area contributed by atoms with E-state index in [1.165, 1.54) is 6.08 Å². The molecule has 2 bridgehead atoms. The third-order valence-electron chi connectivity index (χ3n) is 2.81. The fourth-order valence-corrected chi connectivity index (χ4v) is 2.99. The van der Waals surface area contributed by atoms with Gasteiger partial charge >= 0.3 is 7.60 Å². The molecular formula is C8H11BIO6P. The molecule has 3 rings (SSSR count). The Bertz CT molecular complexity index is 373. The van der Waals surface area contributed by atoms with Crippen LogP contribution in [0.2, 0.25) is 0 Å². The Morgan fingerprint density at radius 2 is 2.29 bits per heavy atom. The van der Waals surface area contributed by atoms with E-state index in [2.05, 4.69) is 0 Å². The molecular weight excluding hydrogens is 361 g/mol. The van der Waals surface area contributed by atoms with Crippen LogP contribution < -0.4 is 0 Å². The van der Waals surface area contributed by atoms with Crippen LogP contribution in [-0.2, 0) is 17.1 Å². The summed E-state index contributed by atoms with van der Waals surface area (Å²) in [6, 6.07) is -0.654. The van der Waals surface area contributed by atoms with Crippen LogP contribution in [0.1, 0.15) is 6.42 Å². The second kappa shape index (κ2) is 4.92. The molecule has 0 aromatic carbocycles. The molecule has 0 aromatic rings. The Morgan fingerprint density at radius 3 is 2.82 bits per heavy atom. The van der Waals surface area contributed by atoms with Gasteiger partial charge in [-0.3, -0.25) is 4.57 Å². The van der Waals surface area contributed by atoms with Crippen molar-refractivity contribution in [3.8, 4) is 0 Å². The van der Waals surface area contributed by atoms with E-state index in [0.717, 1.165) is 5.82 Å². The quantitative estimate of drug-likeness (QED) is 0.426. The summed E-state index contributed by atoms with van der Waals surface area (Å²) in [5.74, 6) is 0.818. The van der Waals surface area contributed by atoms with Gasteiger partial charge in [0.15, 0.2) is 0 Å². The van der Waals surface area contributed by atoms with Gasteiger partial charge < -0.3 is 22.3 Å². The first-order chi connectivity index (χ1) is 7.85.